The number of hydrogen-bond acceptors (Lipinski definition) is 6. The Hall–Kier alpha value is 0.400. The van der Waals surface area contributed by atoms with Crippen LogP contribution in [-0.4, -0.2) is 19.4 Å². The van der Waals surface area contributed by atoms with E-state index in [1.54, 1.807) is 0 Å². The molecule has 0 rings (SSSR count). The Kier molecular flexibility index (Phi) is 5.37. The molecular weight excluding hydrogens is 232 g/mol. The summed E-state index contributed by atoms with van der Waals surface area (Å²) in [6, 6.07) is 0. The van der Waals surface area contributed by atoms with Gasteiger partial charge in [0.2, 0.25) is 0 Å². The third-order valence-electron chi connectivity index (χ3n) is 0.731. The van der Waals surface area contributed by atoms with Crippen LogP contribution < -0.4 is 22.9 Å². The van der Waals surface area contributed by atoms with Gasteiger partial charge in [0, 0.05) is 5.75 Å². The van der Waals surface area contributed by atoms with Gasteiger partial charge < -0.3 is 22.9 Å². The van der Waals surface area contributed by atoms with Crippen LogP contribution in [0.4, 0.5) is 0 Å². The third-order valence-corrected chi connectivity index (χ3v) is 3.15. The molecule has 0 spiro atoms. The van der Waals surface area contributed by atoms with Crippen LogP contribution in [0.5, 0.6) is 0 Å². The highest BCUT2D eigenvalue weighted by atomic mass is 32.2. The van der Waals surface area contributed by atoms with Crippen molar-refractivity contribution >= 4 is 56.6 Å². The normalized spacial score (nSPS) is 11.2. The SMILES string of the molecule is NC(=S)SCC(N)(N)SC(N)=S. The zero-order valence-corrected chi connectivity index (χ0v) is 9.42. The van der Waals surface area contributed by atoms with E-state index in [1.807, 2.05) is 0 Å². The Morgan fingerprint density at radius 1 is 1.17 bits per heavy atom. The number of thiocarbonyl (C=S) groups is 2. The van der Waals surface area contributed by atoms with E-state index in [0.717, 1.165) is 11.8 Å². The van der Waals surface area contributed by atoms with Crippen LogP contribution in [0.1, 0.15) is 0 Å². The fourth-order valence-corrected chi connectivity index (χ4v) is 2.20. The second-order valence-corrected chi connectivity index (χ2v) is 5.80. The molecule has 8 heteroatoms. The van der Waals surface area contributed by atoms with Gasteiger partial charge in [-0.15, -0.1) is 0 Å². The average molecular weight is 242 g/mol. The lowest BCUT2D eigenvalue weighted by Crippen LogP contribution is -2.50. The molecule has 0 fully saturated rings. The summed E-state index contributed by atoms with van der Waals surface area (Å²) in [6.07, 6.45) is 0. The Morgan fingerprint density at radius 2 is 1.67 bits per heavy atom. The molecule has 0 amide bonds. The Balaban J connectivity index is 3.86. The van der Waals surface area contributed by atoms with Crippen LogP contribution in [0.2, 0.25) is 0 Å². The topological polar surface area (TPSA) is 104 Å². The zero-order chi connectivity index (χ0) is 9.78. The molecule has 0 heterocycles. The fraction of sp³-hybridized carbons (Fsp3) is 0.500. The smallest absolute Gasteiger partial charge is 0.134 e. The number of hydrogen-bond donors (Lipinski definition) is 4. The molecule has 0 radical (unpaired) electrons. The first kappa shape index (κ1) is 12.4. The van der Waals surface area contributed by atoms with Gasteiger partial charge in [0.15, 0.2) is 0 Å². The summed E-state index contributed by atoms with van der Waals surface area (Å²) in [5.41, 5.74) is 21.7. The van der Waals surface area contributed by atoms with Crippen molar-refractivity contribution < 1.29 is 0 Å². The van der Waals surface area contributed by atoms with Gasteiger partial charge in [-0.05, 0) is 0 Å². The van der Waals surface area contributed by atoms with E-state index in [9.17, 15) is 0 Å². The van der Waals surface area contributed by atoms with E-state index >= 15 is 0 Å². The molecule has 8 N–H and O–H groups in total. The first-order chi connectivity index (χ1) is 5.33. The van der Waals surface area contributed by atoms with E-state index in [1.165, 1.54) is 11.8 Å². The molecule has 0 aliphatic rings. The lowest BCUT2D eigenvalue weighted by atomic mass is 10.6. The van der Waals surface area contributed by atoms with Crippen molar-refractivity contribution in [1.82, 2.24) is 0 Å². The van der Waals surface area contributed by atoms with Crippen LogP contribution in [0.3, 0.4) is 0 Å². The maximum Gasteiger partial charge on any atom is 0.134 e. The summed E-state index contributed by atoms with van der Waals surface area (Å²) < 4.78 is 0.516. The predicted molar refractivity (Wildman–Crippen MR) is 64.7 cm³/mol. The molecule has 0 unspecified atom stereocenters. The Bertz CT molecular complexity index is 191. The maximum atomic E-state index is 5.60. The molecule has 0 bridgehead atoms. The molecule has 0 aromatic heterocycles. The summed E-state index contributed by atoms with van der Waals surface area (Å²) in [4.78, 5) is -1.00. The third kappa shape index (κ3) is 7.07. The van der Waals surface area contributed by atoms with Gasteiger partial charge in [-0.3, -0.25) is 0 Å². The maximum absolute atomic E-state index is 5.60. The van der Waals surface area contributed by atoms with Crippen LogP contribution in [-0.2, 0) is 0 Å². The molecular formula is C4H10N4S4. The molecule has 0 aromatic rings. The van der Waals surface area contributed by atoms with Crippen molar-refractivity contribution in [3.05, 3.63) is 0 Å². The van der Waals surface area contributed by atoms with Crippen LogP contribution in [0.25, 0.3) is 0 Å². The molecule has 0 saturated heterocycles. The lowest BCUT2D eigenvalue weighted by Gasteiger charge is -2.21. The van der Waals surface area contributed by atoms with Gasteiger partial charge >= 0.3 is 0 Å². The van der Waals surface area contributed by atoms with Crippen molar-refractivity contribution in [2.45, 2.75) is 4.99 Å². The van der Waals surface area contributed by atoms with E-state index in [0.29, 0.717) is 10.1 Å². The van der Waals surface area contributed by atoms with Gasteiger partial charge in [-0.1, -0.05) is 48.0 Å². The Labute approximate surface area is 90.2 Å². The summed E-state index contributed by atoms with van der Waals surface area (Å²) in [6.45, 7) is 0. The van der Waals surface area contributed by atoms with Crippen molar-refractivity contribution in [1.29, 1.82) is 0 Å². The summed E-state index contributed by atoms with van der Waals surface area (Å²) in [5.74, 6) is 0.379. The molecule has 0 aliphatic carbocycles. The largest absolute Gasteiger partial charge is 0.385 e. The number of thioether (sulfide) groups is 2. The highest BCUT2D eigenvalue weighted by Gasteiger charge is 2.21. The second-order valence-electron chi connectivity index (χ2n) is 1.98. The lowest BCUT2D eigenvalue weighted by molar-refractivity contribution is 0.735. The molecule has 0 aliphatic heterocycles. The quantitative estimate of drug-likeness (QED) is 0.388. The van der Waals surface area contributed by atoms with Crippen molar-refractivity contribution in [2.75, 3.05) is 5.75 Å². The minimum Gasteiger partial charge on any atom is -0.385 e. The van der Waals surface area contributed by atoms with Crippen molar-refractivity contribution in [3.63, 3.8) is 0 Å². The van der Waals surface area contributed by atoms with Gasteiger partial charge in [0.25, 0.3) is 0 Å². The predicted octanol–water partition coefficient (Wildman–Crippen LogP) is -0.489. The average Bonchev–Trinajstić information content (AvgIpc) is 1.81. The van der Waals surface area contributed by atoms with Crippen LogP contribution in [0.15, 0.2) is 0 Å². The fourth-order valence-electron chi connectivity index (χ4n) is 0.401. The van der Waals surface area contributed by atoms with Crippen LogP contribution in [0, 0.1) is 0 Å². The van der Waals surface area contributed by atoms with Crippen molar-refractivity contribution in [2.24, 2.45) is 22.9 Å². The van der Waals surface area contributed by atoms with Crippen LogP contribution >= 0.6 is 48.0 Å². The number of rotatable bonds is 3. The molecule has 0 atom stereocenters. The van der Waals surface area contributed by atoms with Gasteiger partial charge in [0.05, 0.1) is 0 Å². The van der Waals surface area contributed by atoms with E-state index in [2.05, 4.69) is 24.4 Å². The second kappa shape index (κ2) is 5.20. The Morgan fingerprint density at radius 3 is 2.00 bits per heavy atom. The molecule has 4 nitrogen and oxygen atoms in total. The van der Waals surface area contributed by atoms with Gasteiger partial charge in [0.1, 0.15) is 13.6 Å². The number of nitrogens with two attached hydrogens (primary N) is 4. The van der Waals surface area contributed by atoms with Gasteiger partial charge in [-0.25, -0.2) is 0 Å². The summed E-state index contributed by atoms with van der Waals surface area (Å²) >= 11 is 11.5. The van der Waals surface area contributed by atoms with Gasteiger partial charge in [-0.2, -0.15) is 0 Å². The molecule has 0 saturated carbocycles. The van der Waals surface area contributed by atoms with E-state index in [-0.39, 0.29) is 4.32 Å². The molecule has 12 heavy (non-hydrogen) atoms. The first-order valence-corrected chi connectivity index (χ1v) is 5.44. The summed E-state index contributed by atoms with van der Waals surface area (Å²) in [7, 11) is 0. The highest BCUT2D eigenvalue weighted by molar-refractivity contribution is 8.26. The minimum absolute atomic E-state index is 0.212. The first-order valence-electron chi connectivity index (χ1n) is 2.82. The summed E-state index contributed by atoms with van der Waals surface area (Å²) in [5, 5.41) is 0. The van der Waals surface area contributed by atoms with E-state index < -0.39 is 4.99 Å². The minimum atomic E-state index is -1.00. The zero-order valence-electron chi connectivity index (χ0n) is 6.15. The molecule has 70 valence electrons. The standard InChI is InChI=1S/C4H10N4S4/c5-2(9)11-1-4(7,8)12-3(6)10/h1,7-8H2,(H2,5,9)(H2,6,10). The van der Waals surface area contributed by atoms with E-state index in [4.69, 9.17) is 22.9 Å². The highest BCUT2D eigenvalue weighted by Crippen LogP contribution is 2.18. The monoisotopic (exact) mass is 242 g/mol. The van der Waals surface area contributed by atoms with Crippen molar-refractivity contribution in [3.8, 4) is 0 Å². The molecule has 0 aromatic carbocycles.